The van der Waals surface area contributed by atoms with E-state index in [-0.39, 0.29) is 6.61 Å². The normalized spacial score (nSPS) is 12.7. The Labute approximate surface area is 89.8 Å². The molecule has 84 valence electrons. The van der Waals surface area contributed by atoms with E-state index in [0.717, 1.165) is 12.1 Å². The van der Waals surface area contributed by atoms with Crippen molar-refractivity contribution in [3.8, 4) is 0 Å². The van der Waals surface area contributed by atoms with Crippen molar-refractivity contribution in [1.82, 2.24) is 20.3 Å². The average Bonchev–Trinajstić information content (AvgIpc) is 2.64. The summed E-state index contributed by atoms with van der Waals surface area (Å²) in [5.41, 5.74) is 0.888. The highest BCUT2D eigenvalue weighted by Crippen LogP contribution is 1.96. The van der Waals surface area contributed by atoms with E-state index in [2.05, 4.69) is 29.1 Å². The summed E-state index contributed by atoms with van der Waals surface area (Å²) in [7, 11) is 0. The molecule has 5 nitrogen and oxygen atoms in total. The molecule has 0 aliphatic rings. The minimum absolute atomic E-state index is 0.0864. The zero-order valence-electron chi connectivity index (χ0n) is 9.06. The molecule has 15 heavy (non-hydrogen) atoms. The first-order chi connectivity index (χ1) is 7.26. The first-order valence-electron chi connectivity index (χ1n) is 5.10. The Morgan fingerprint density at radius 1 is 1.73 bits per heavy atom. The zero-order chi connectivity index (χ0) is 11.1. The molecule has 0 fully saturated rings. The van der Waals surface area contributed by atoms with E-state index in [1.54, 1.807) is 4.68 Å². The highest BCUT2D eigenvalue weighted by Gasteiger charge is 2.02. The zero-order valence-corrected chi connectivity index (χ0v) is 9.06. The van der Waals surface area contributed by atoms with Crippen LogP contribution in [0.5, 0.6) is 0 Å². The third kappa shape index (κ3) is 4.22. The number of aromatic nitrogens is 3. The van der Waals surface area contributed by atoms with Crippen molar-refractivity contribution in [3.63, 3.8) is 0 Å². The third-order valence-corrected chi connectivity index (χ3v) is 2.07. The van der Waals surface area contributed by atoms with E-state index in [1.165, 1.54) is 0 Å². The Balaban J connectivity index is 2.33. The molecule has 0 aromatic carbocycles. The number of nitrogens with one attached hydrogen (secondary N) is 1. The molecule has 0 radical (unpaired) electrons. The van der Waals surface area contributed by atoms with E-state index in [1.807, 2.05) is 12.3 Å². The molecule has 0 aliphatic heterocycles. The molecule has 0 amide bonds. The van der Waals surface area contributed by atoms with E-state index < -0.39 is 0 Å². The molecular weight excluding hydrogens is 192 g/mol. The van der Waals surface area contributed by atoms with Gasteiger partial charge in [-0.15, -0.1) is 11.7 Å². The summed E-state index contributed by atoms with van der Waals surface area (Å²) in [6, 6.07) is 0.394. The van der Waals surface area contributed by atoms with Crippen LogP contribution in [0.3, 0.4) is 0 Å². The van der Waals surface area contributed by atoms with Crippen molar-refractivity contribution in [2.45, 2.75) is 32.5 Å². The summed E-state index contributed by atoms with van der Waals surface area (Å²) >= 11 is 0. The van der Waals surface area contributed by atoms with Crippen LogP contribution in [-0.2, 0) is 13.1 Å². The Morgan fingerprint density at radius 2 is 2.53 bits per heavy atom. The smallest absolute Gasteiger partial charge is 0.0964 e. The molecule has 0 aliphatic carbocycles. The van der Waals surface area contributed by atoms with Gasteiger partial charge < -0.3 is 10.4 Å². The predicted molar refractivity (Wildman–Crippen MR) is 58.2 cm³/mol. The molecule has 0 spiro atoms. The van der Waals surface area contributed by atoms with Gasteiger partial charge in [-0.2, -0.15) is 0 Å². The van der Waals surface area contributed by atoms with Gasteiger partial charge in [-0.25, -0.2) is 4.68 Å². The van der Waals surface area contributed by atoms with Crippen LogP contribution in [0.1, 0.15) is 19.0 Å². The molecule has 1 unspecified atom stereocenters. The maximum absolute atomic E-state index is 8.70. The fraction of sp³-hybridized carbons (Fsp3) is 0.600. The first kappa shape index (κ1) is 11.9. The number of nitrogens with zero attached hydrogens (tertiary/aromatic N) is 3. The molecule has 1 aromatic heterocycles. The number of rotatable bonds is 7. The maximum atomic E-state index is 8.70. The molecule has 1 heterocycles. The van der Waals surface area contributed by atoms with Gasteiger partial charge in [0.25, 0.3) is 0 Å². The van der Waals surface area contributed by atoms with Gasteiger partial charge in [-0.3, -0.25) is 0 Å². The monoisotopic (exact) mass is 210 g/mol. The van der Waals surface area contributed by atoms with Gasteiger partial charge in [0.1, 0.15) is 0 Å². The molecule has 0 saturated heterocycles. The van der Waals surface area contributed by atoms with Crippen molar-refractivity contribution in [3.05, 3.63) is 24.5 Å². The van der Waals surface area contributed by atoms with E-state index in [4.69, 9.17) is 5.11 Å². The number of aliphatic hydroxyl groups is 1. The quantitative estimate of drug-likeness (QED) is 0.636. The summed E-state index contributed by atoms with van der Waals surface area (Å²) < 4.78 is 1.63. The van der Waals surface area contributed by atoms with Crippen molar-refractivity contribution in [1.29, 1.82) is 0 Å². The number of hydrogen-bond acceptors (Lipinski definition) is 4. The summed E-state index contributed by atoms with van der Waals surface area (Å²) in [5.74, 6) is 0. The summed E-state index contributed by atoms with van der Waals surface area (Å²) in [4.78, 5) is 0. The van der Waals surface area contributed by atoms with Gasteiger partial charge in [-0.05, 0) is 13.3 Å². The standard InChI is InChI=1S/C10H18N4O/c1-3-4-9(2)11-7-10-8-14(5-6-15)13-12-10/h3,8-9,11,15H,1,4-7H2,2H3. The largest absolute Gasteiger partial charge is 0.394 e. The first-order valence-corrected chi connectivity index (χ1v) is 5.10. The van der Waals surface area contributed by atoms with Gasteiger partial charge in [0.05, 0.1) is 18.8 Å². The van der Waals surface area contributed by atoms with Crippen molar-refractivity contribution in [2.75, 3.05) is 6.61 Å². The second-order valence-electron chi connectivity index (χ2n) is 3.50. The summed E-state index contributed by atoms with van der Waals surface area (Å²) in [6.45, 7) is 7.06. The number of hydrogen-bond donors (Lipinski definition) is 2. The van der Waals surface area contributed by atoms with Crippen LogP contribution in [0.15, 0.2) is 18.9 Å². The Kier molecular flexibility index (Phi) is 5.00. The summed E-state index contributed by atoms with van der Waals surface area (Å²) in [6.07, 6.45) is 4.66. The average molecular weight is 210 g/mol. The van der Waals surface area contributed by atoms with Gasteiger partial charge in [0.15, 0.2) is 0 Å². The Bertz CT molecular complexity index is 297. The Morgan fingerprint density at radius 3 is 3.20 bits per heavy atom. The molecule has 1 rings (SSSR count). The summed E-state index contributed by atoms with van der Waals surface area (Å²) in [5, 5.41) is 19.9. The third-order valence-electron chi connectivity index (χ3n) is 2.07. The van der Waals surface area contributed by atoms with Crippen LogP contribution in [0, 0.1) is 0 Å². The van der Waals surface area contributed by atoms with Crippen LogP contribution in [0.2, 0.25) is 0 Å². The van der Waals surface area contributed by atoms with Gasteiger partial charge >= 0.3 is 0 Å². The highest BCUT2D eigenvalue weighted by atomic mass is 16.3. The topological polar surface area (TPSA) is 63.0 Å². The van der Waals surface area contributed by atoms with Gasteiger partial charge in [0.2, 0.25) is 0 Å². The van der Waals surface area contributed by atoms with Crippen molar-refractivity contribution < 1.29 is 5.11 Å². The maximum Gasteiger partial charge on any atom is 0.0964 e. The lowest BCUT2D eigenvalue weighted by Crippen LogP contribution is -2.24. The van der Waals surface area contributed by atoms with Gasteiger partial charge in [0, 0.05) is 18.8 Å². The fourth-order valence-corrected chi connectivity index (χ4v) is 1.24. The van der Waals surface area contributed by atoms with Crippen LogP contribution < -0.4 is 5.32 Å². The lowest BCUT2D eigenvalue weighted by molar-refractivity contribution is 0.268. The van der Waals surface area contributed by atoms with Crippen molar-refractivity contribution >= 4 is 0 Å². The molecule has 1 aromatic rings. The highest BCUT2D eigenvalue weighted by molar-refractivity contribution is 4.92. The molecular formula is C10H18N4O. The number of aliphatic hydroxyl groups excluding tert-OH is 1. The molecule has 2 N–H and O–H groups in total. The van der Waals surface area contributed by atoms with Crippen LogP contribution in [-0.4, -0.2) is 32.7 Å². The van der Waals surface area contributed by atoms with Gasteiger partial charge in [-0.1, -0.05) is 11.3 Å². The fourth-order valence-electron chi connectivity index (χ4n) is 1.24. The predicted octanol–water partition coefficient (Wildman–Crippen LogP) is 0.325. The van der Waals surface area contributed by atoms with Crippen LogP contribution >= 0.6 is 0 Å². The molecule has 0 saturated carbocycles. The van der Waals surface area contributed by atoms with Crippen LogP contribution in [0.25, 0.3) is 0 Å². The van der Waals surface area contributed by atoms with E-state index in [0.29, 0.717) is 19.1 Å². The van der Waals surface area contributed by atoms with E-state index in [9.17, 15) is 0 Å². The minimum Gasteiger partial charge on any atom is -0.394 e. The minimum atomic E-state index is 0.0864. The second-order valence-corrected chi connectivity index (χ2v) is 3.50. The molecule has 5 heteroatoms. The van der Waals surface area contributed by atoms with Crippen LogP contribution in [0.4, 0.5) is 0 Å². The molecule has 0 bridgehead atoms. The lowest BCUT2D eigenvalue weighted by Gasteiger charge is -2.08. The van der Waals surface area contributed by atoms with E-state index >= 15 is 0 Å². The second kappa shape index (κ2) is 6.31. The SMILES string of the molecule is C=CCC(C)NCc1cn(CCO)nn1. The Hall–Kier alpha value is -1.20. The molecule has 1 atom stereocenters. The lowest BCUT2D eigenvalue weighted by atomic mass is 10.2. The van der Waals surface area contributed by atoms with Crippen molar-refractivity contribution in [2.24, 2.45) is 0 Å².